The van der Waals surface area contributed by atoms with E-state index in [4.69, 9.17) is 14.5 Å². The van der Waals surface area contributed by atoms with Gasteiger partial charge in [-0.15, -0.1) is 0 Å². The topological polar surface area (TPSA) is 109 Å². The van der Waals surface area contributed by atoms with Gasteiger partial charge in [0.15, 0.2) is 11.5 Å². The van der Waals surface area contributed by atoms with Gasteiger partial charge >= 0.3 is 0 Å². The van der Waals surface area contributed by atoms with Gasteiger partial charge in [0.05, 0.1) is 30.5 Å². The van der Waals surface area contributed by atoms with Crippen molar-refractivity contribution in [1.29, 1.82) is 0 Å². The Hall–Kier alpha value is -4.37. The van der Waals surface area contributed by atoms with Crippen molar-refractivity contribution in [2.24, 2.45) is 11.3 Å². The molecule has 2 fully saturated rings. The van der Waals surface area contributed by atoms with Crippen LogP contribution in [0.4, 0.5) is 5.95 Å². The second kappa shape index (κ2) is 15.1. The molecule has 9 nitrogen and oxygen atoms in total. The Morgan fingerprint density at radius 2 is 1.53 bits per heavy atom. The standard InChI is InChI=1S/C28H34N4O4.C8H11N/c1-35-23-15-21-22(16-24(23)36-2)30-27(31-25(21)33)32-13-11-28(12-14-32,17-19-9-6-10-19)26(34)29-18-20-7-4-3-5-8-20;1-9-7-8-5-3-2-4-6-8/h3-5,7-8,15-16,19H,6,9-14,17-18H2,1-2H3,(H,29,34)(H,30,31,33);2-6,9H,7H2,1H3. The van der Waals surface area contributed by atoms with Crippen LogP contribution in [0, 0.1) is 11.3 Å². The highest BCUT2D eigenvalue weighted by Gasteiger charge is 2.44. The summed E-state index contributed by atoms with van der Waals surface area (Å²) in [6, 6.07) is 23.8. The van der Waals surface area contributed by atoms with Gasteiger partial charge in [-0.2, -0.15) is 0 Å². The molecule has 1 amide bonds. The number of piperidine rings is 1. The number of hydrogen-bond donors (Lipinski definition) is 3. The lowest BCUT2D eigenvalue weighted by molar-refractivity contribution is -0.134. The van der Waals surface area contributed by atoms with Crippen LogP contribution < -0.4 is 30.6 Å². The lowest BCUT2D eigenvalue weighted by Gasteiger charge is -2.44. The van der Waals surface area contributed by atoms with E-state index < -0.39 is 0 Å². The normalized spacial score (nSPS) is 15.8. The molecule has 6 rings (SSSR count). The van der Waals surface area contributed by atoms with Crippen LogP contribution in [-0.4, -0.2) is 50.2 Å². The van der Waals surface area contributed by atoms with E-state index in [1.807, 2.05) is 55.6 Å². The summed E-state index contributed by atoms with van der Waals surface area (Å²) in [5.41, 5.74) is 2.39. The monoisotopic (exact) mass is 611 g/mol. The van der Waals surface area contributed by atoms with Crippen LogP contribution in [0.2, 0.25) is 0 Å². The van der Waals surface area contributed by atoms with Crippen molar-refractivity contribution in [3.05, 3.63) is 94.3 Å². The van der Waals surface area contributed by atoms with Crippen molar-refractivity contribution in [1.82, 2.24) is 20.6 Å². The van der Waals surface area contributed by atoms with Crippen LogP contribution in [0.5, 0.6) is 11.5 Å². The predicted octanol–water partition coefficient (Wildman–Crippen LogP) is 5.44. The van der Waals surface area contributed by atoms with E-state index in [0.29, 0.717) is 53.9 Å². The number of carbonyl (C=O) groups excluding carboxylic acids is 1. The Morgan fingerprint density at radius 1 is 0.933 bits per heavy atom. The summed E-state index contributed by atoms with van der Waals surface area (Å²) in [6.07, 6.45) is 6.08. The van der Waals surface area contributed by atoms with E-state index in [2.05, 4.69) is 32.7 Å². The maximum atomic E-state index is 13.5. The van der Waals surface area contributed by atoms with Gasteiger partial charge in [-0.3, -0.25) is 14.6 Å². The van der Waals surface area contributed by atoms with Crippen molar-refractivity contribution in [3.63, 3.8) is 0 Å². The molecule has 4 aromatic rings. The second-order valence-electron chi connectivity index (χ2n) is 12.1. The molecule has 1 aliphatic heterocycles. The van der Waals surface area contributed by atoms with Crippen molar-refractivity contribution < 1.29 is 14.3 Å². The Labute approximate surface area is 265 Å². The van der Waals surface area contributed by atoms with Crippen LogP contribution >= 0.6 is 0 Å². The number of aromatic nitrogens is 2. The minimum absolute atomic E-state index is 0.148. The molecule has 1 saturated heterocycles. The molecule has 0 bridgehead atoms. The largest absolute Gasteiger partial charge is 0.493 e. The Balaban J connectivity index is 0.000000383. The van der Waals surface area contributed by atoms with Crippen LogP contribution in [0.25, 0.3) is 10.9 Å². The number of anilines is 1. The maximum absolute atomic E-state index is 13.5. The lowest BCUT2D eigenvalue weighted by Crippen LogP contribution is -2.50. The fourth-order valence-electron chi connectivity index (χ4n) is 6.29. The molecule has 3 aromatic carbocycles. The fourth-order valence-corrected chi connectivity index (χ4v) is 6.29. The second-order valence-corrected chi connectivity index (χ2v) is 12.1. The number of carbonyl (C=O) groups is 1. The van der Waals surface area contributed by atoms with Crippen molar-refractivity contribution >= 4 is 22.8 Å². The SMILES string of the molecule is CNCc1ccccc1.COc1cc2nc(N3CCC(CC4CCC4)(C(=O)NCc4ccccc4)CC3)[nH]c(=O)c2cc1OC. The Bertz CT molecular complexity index is 1600. The number of amides is 1. The molecule has 2 aliphatic rings. The molecule has 1 aliphatic carbocycles. The molecular formula is C36H45N5O4. The first-order chi connectivity index (χ1) is 21.9. The smallest absolute Gasteiger partial charge is 0.260 e. The number of fused-ring (bicyclic) bond motifs is 1. The molecule has 0 spiro atoms. The van der Waals surface area contributed by atoms with Crippen LogP contribution in [-0.2, 0) is 17.9 Å². The average Bonchev–Trinajstić information content (AvgIpc) is 3.06. The van der Waals surface area contributed by atoms with Crippen molar-refractivity contribution in [2.75, 3.05) is 39.3 Å². The van der Waals surface area contributed by atoms with Gasteiger partial charge in [-0.05, 0) is 49.4 Å². The summed E-state index contributed by atoms with van der Waals surface area (Å²) in [5.74, 6) is 2.32. The number of H-pyrrole nitrogens is 1. The van der Waals surface area contributed by atoms with Gasteiger partial charge in [-0.1, -0.05) is 79.9 Å². The van der Waals surface area contributed by atoms with E-state index in [1.54, 1.807) is 26.4 Å². The number of aromatic amines is 1. The highest BCUT2D eigenvalue weighted by atomic mass is 16.5. The Morgan fingerprint density at radius 3 is 2.09 bits per heavy atom. The molecule has 2 heterocycles. The quantitative estimate of drug-likeness (QED) is 0.219. The Kier molecular flexibility index (Phi) is 10.7. The van der Waals surface area contributed by atoms with Gasteiger partial charge in [0.25, 0.3) is 5.56 Å². The molecule has 0 atom stereocenters. The zero-order valence-electron chi connectivity index (χ0n) is 26.6. The first-order valence-corrected chi connectivity index (χ1v) is 15.9. The van der Waals surface area contributed by atoms with Gasteiger partial charge < -0.3 is 25.0 Å². The average molecular weight is 612 g/mol. The molecule has 1 aromatic heterocycles. The number of nitrogens with zero attached hydrogens (tertiary/aromatic N) is 2. The molecular weight excluding hydrogens is 566 g/mol. The number of benzene rings is 3. The van der Waals surface area contributed by atoms with Gasteiger partial charge in [0, 0.05) is 32.2 Å². The zero-order valence-corrected chi connectivity index (χ0v) is 26.6. The van der Waals surface area contributed by atoms with Crippen molar-refractivity contribution in [3.8, 4) is 11.5 Å². The number of rotatable bonds is 10. The first kappa shape index (κ1) is 32.0. The third-order valence-electron chi connectivity index (χ3n) is 9.12. The number of hydrogen-bond acceptors (Lipinski definition) is 7. The minimum Gasteiger partial charge on any atom is -0.493 e. The van der Waals surface area contributed by atoms with E-state index in [0.717, 1.165) is 31.4 Å². The van der Waals surface area contributed by atoms with Gasteiger partial charge in [0.2, 0.25) is 11.9 Å². The molecule has 238 valence electrons. The van der Waals surface area contributed by atoms with E-state index in [-0.39, 0.29) is 16.9 Å². The number of methoxy groups -OCH3 is 2. The molecule has 9 heteroatoms. The predicted molar refractivity (Wildman–Crippen MR) is 179 cm³/mol. The number of ether oxygens (including phenoxy) is 2. The van der Waals surface area contributed by atoms with Crippen LogP contribution in [0.15, 0.2) is 77.6 Å². The summed E-state index contributed by atoms with van der Waals surface area (Å²) in [4.78, 5) is 36.2. The highest BCUT2D eigenvalue weighted by Crippen LogP contribution is 2.44. The van der Waals surface area contributed by atoms with E-state index in [9.17, 15) is 9.59 Å². The molecule has 3 N–H and O–H groups in total. The molecule has 0 unspecified atom stereocenters. The third kappa shape index (κ3) is 7.84. The van der Waals surface area contributed by atoms with Gasteiger partial charge in [-0.25, -0.2) is 4.98 Å². The lowest BCUT2D eigenvalue weighted by atomic mass is 9.67. The van der Waals surface area contributed by atoms with E-state index in [1.165, 1.54) is 24.8 Å². The number of nitrogens with one attached hydrogen (secondary N) is 3. The van der Waals surface area contributed by atoms with Crippen LogP contribution in [0.3, 0.4) is 0 Å². The first-order valence-electron chi connectivity index (χ1n) is 15.9. The molecule has 1 saturated carbocycles. The summed E-state index contributed by atoms with van der Waals surface area (Å²) in [5, 5.41) is 6.75. The third-order valence-corrected chi connectivity index (χ3v) is 9.12. The summed E-state index contributed by atoms with van der Waals surface area (Å²) < 4.78 is 10.7. The minimum atomic E-state index is -0.385. The fraction of sp³-hybridized carbons (Fsp3) is 0.417. The van der Waals surface area contributed by atoms with E-state index >= 15 is 0 Å². The van der Waals surface area contributed by atoms with Crippen molar-refractivity contribution in [2.45, 2.75) is 51.6 Å². The van der Waals surface area contributed by atoms with Gasteiger partial charge in [0.1, 0.15) is 0 Å². The molecule has 0 radical (unpaired) electrons. The zero-order chi connectivity index (χ0) is 31.6. The summed E-state index contributed by atoms with van der Waals surface area (Å²) in [7, 11) is 5.05. The summed E-state index contributed by atoms with van der Waals surface area (Å²) in [6.45, 7) is 2.82. The maximum Gasteiger partial charge on any atom is 0.260 e. The molecule has 45 heavy (non-hydrogen) atoms. The van der Waals surface area contributed by atoms with Crippen LogP contribution in [0.1, 0.15) is 49.7 Å². The summed E-state index contributed by atoms with van der Waals surface area (Å²) >= 11 is 0. The highest BCUT2D eigenvalue weighted by molar-refractivity contribution is 5.84.